The van der Waals surface area contributed by atoms with Crippen LogP contribution in [0.1, 0.15) is 120 Å². The Morgan fingerprint density at radius 3 is 1.50 bits per heavy atom. The SMILES string of the molecule is CCCCc1ccc(NS(=O)(=O)c2ccc(-c3ccc(N4CCN(C(=O)c5cc(S(=O)(=O)Nc6ccc(CCCC)cc6)cc(-c6cccc(N7CCN(C(=O)c8cccc(S(=O)(=O)Nc9ccc(C(C)(C)C)cc9)c8)CC7)c6)c5C)CC4)cc3)c(C(=O)N3CCCN(c4ccccc4OC)CC3)c2)cc1. The van der Waals surface area contributed by atoms with Crippen LogP contribution in [0.3, 0.4) is 0 Å². The van der Waals surface area contributed by atoms with E-state index in [-0.39, 0.29) is 54.5 Å². The van der Waals surface area contributed by atoms with Gasteiger partial charge in [0.1, 0.15) is 5.75 Å². The fraction of sp³-hybridized carbons (Fsp3) is 0.321. The third-order valence-electron chi connectivity index (χ3n) is 20.3. The number of amides is 3. The quantitative estimate of drug-likeness (QED) is 0.0513. The molecule has 19 nitrogen and oxygen atoms in total. The number of carbonyl (C=O) groups excluding carboxylic acids is 3. The van der Waals surface area contributed by atoms with Gasteiger partial charge in [0.05, 0.1) is 27.5 Å². The summed E-state index contributed by atoms with van der Waals surface area (Å²) < 4.78 is 99.0. The fourth-order valence-electron chi connectivity index (χ4n) is 14.0. The highest BCUT2D eigenvalue weighted by atomic mass is 32.2. The second-order valence-electron chi connectivity index (χ2n) is 28.6. The van der Waals surface area contributed by atoms with E-state index in [4.69, 9.17) is 4.74 Å². The van der Waals surface area contributed by atoms with E-state index >= 15 is 9.59 Å². The molecule has 3 amide bonds. The molecular weight excluding hydrogens is 1390 g/mol. The number of unbranched alkanes of at least 4 members (excludes halogenated alkanes) is 2. The molecule has 9 aromatic rings. The van der Waals surface area contributed by atoms with Crippen LogP contribution >= 0.6 is 0 Å². The lowest BCUT2D eigenvalue weighted by Gasteiger charge is -2.37. The summed E-state index contributed by atoms with van der Waals surface area (Å²) in [5.74, 6) is -0.148. The summed E-state index contributed by atoms with van der Waals surface area (Å²) in [6, 6.07) is 59.3. The van der Waals surface area contributed by atoms with E-state index in [1.165, 1.54) is 24.3 Å². The molecule has 3 aliphatic heterocycles. The van der Waals surface area contributed by atoms with Gasteiger partial charge in [-0.1, -0.05) is 132 Å². The van der Waals surface area contributed by atoms with Crippen LogP contribution in [0.25, 0.3) is 22.3 Å². The van der Waals surface area contributed by atoms with Gasteiger partial charge in [-0.2, -0.15) is 0 Å². The molecule has 3 fully saturated rings. The number of anilines is 6. The van der Waals surface area contributed by atoms with Crippen molar-refractivity contribution in [2.45, 2.75) is 107 Å². The lowest BCUT2D eigenvalue weighted by Crippen LogP contribution is -2.49. The van der Waals surface area contributed by atoms with E-state index in [0.29, 0.717) is 130 Å². The number of aryl methyl sites for hydroxylation is 2. The third kappa shape index (κ3) is 17.7. The molecule has 554 valence electrons. The summed E-state index contributed by atoms with van der Waals surface area (Å²) >= 11 is 0. The highest BCUT2D eigenvalue weighted by molar-refractivity contribution is 7.93. The molecule has 0 atom stereocenters. The average Bonchev–Trinajstić information content (AvgIpc) is 0.798. The van der Waals surface area contributed by atoms with Gasteiger partial charge >= 0.3 is 0 Å². The number of para-hydroxylation sites is 2. The highest BCUT2D eigenvalue weighted by Crippen LogP contribution is 2.37. The number of ether oxygens (including phenoxy) is 1. The Morgan fingerprint density at radius 1 is 0.425 bits per heavy atom. The number of methoxy groups -OCH3 is 1. The van der Waals surface area contributed by atoms with E-state index < -0.39 is 30.1 Å². The van der Waals surface area contributed by atoms with Gasteiger partial charge in [0.25, 0.3) is 47.8 Å². The topological polar surface area (TPSA) is 218 Å². The fourth-order valence-corrected chi connectivity index (χ4v) is 17.3. The van der Waals surface area contributed by atoms with Crippen molar-refractivity contribution in [2.75, 3.05) is 115 Å². The summed E-state index contributed by atoms with van der Waals surface area (Å²) in [6.07, 6.45) is 6.56. The molecule has 3 heterocycles. The number of nitrogens with one attached hydrogen (secondary N) is 3. The van der Waals surface area contributed by atoms with Crippen LogP contribution < -0.4 is 33.6 Å². The standard InChI is InChI=1S/C84H95N9O10S3/c1-8-10-17-61-25-33-67(34-26-61)85-105(99,100)73-41-42-75(78(57-73)83(96)91-44-16-43-90(49-54-91)79-23-12-13-24-80(79)103-7)63-29-39-70(40-30-63)88-45-52-93(53-46-88)82(95)77-59-74(106(101,102)87-68-35-27-62(28-36-68)18-11-9-2)58-76(60(77)3)64-19-14-21-71(55-64)89-47-50-92(51-48-89)81(94)65-20-15-22-72(56-65)104(97,98)86-69-37-31-66(32-38-69)84(4,5)6/h12-15,19-42,55-59,85-87H,8-11,16-18,43-54H2,1-7H3. The maximum atomic E-state index is 15.2. The Labute approximate surface area is 625 Å². The van der Waals surface area contributed by atoms with Crippen LogP contribution in [0, 0.1) is 6.92 Å². The molecule has 0 saturated carbocycles. The zero-order chi connectivity index (χ0) is 74.9. The van der Waals surface area contributed by atoms with Crippen molar-refractivity contribution in [1.29, 1.82) is 0 Å². The molecule has 0 unspecified atom stereocenters. The number of rotatable bonds is 24. The Morgan fingerprint density at radius 2 is 0.925 bits per heavy atom. The van der Waals surface area contributed by atoms with Crippen molar-refractivity contribution < 1.29 is 44.4 Å². The maximum Gasteiger partial charge on any atom is 0.261 e. The van der Waals surface area contributed by atoms with Crippen LogP contribution in [0.15, 0.2) is 215 Å². The first-order chi connectivity index (χ1) is 50.9. The Hall–Kier alpha value is -10.2. The van der Waals surface area contributed by atoms with E-state index in [0.717, 1.165) is 78.0 Å². The number of piperazine rings is 2. The van der Waals surface area contributed by atoms with Crippen LogP contribution in [0.2, 0.25) is 0 Å². The maximum absolute atomic E-state index is 15.2. The second kappa shape index (κ2) is 32.7. The third-order valence-corrected chi connectivity index (χ3v) is 24.4. The average molecular weight is 1490 g/mol. The molecule has 3 aliphatic rings. The Bertz CT molecular complexity index is 5000. The van der Waals surface area contributed by atoms with Gasteiger partial charge in [-0.25, -0.2) is 25.3 Å². The summed E-state index contributed by atoms with van der Waals surface area (Å²) in [5.41, 5.74) is 11.0. The number of hydrogen-bond donors (Lipinski definition) is 3. The summed E-state index contributed by atoms with van der Waals surface area (Å²) in [4.78, 5) is 56.0. The van der Waals surface area contributed by atoms with Gasteiger partial charge in [0.2, 0.25) is 0 Å². The predicted molar refractivity (Wildman–Crippen MR) is 425 cm³/mol. The molecule has 3 N–H and O–H groups in total. The van der Waals surface area contributed by atoms with Crippen LogP contribution in [-0.2, 0) is 48.3 Å². The number of carbonyl (C=O) groups is 3. The number of hydrogen-bond acceptors (Lipinski definition) is 13. The van der Waals surface area contributed by atoms with Crippen molar-refractivity contribution in [2.24, 2.45) is 0 Å². The first kappa shape index (κ1) is 75.5. The number of sulfonamides is 3. The number of benzene rings is 9. The van der Waals surface area contributed by atoms with E-state index in [1.807, 2.05) is 116 Å². The molecule has 106 heavy (non-hydrogen) atoms. The van der Waals surface area contributed by atoms with Gasteiger partial charge in [-0.05, 0) is 204 Å². The molecular formula is C84H95N9O10S3. The predicted octanol–water partition coefficient (Wildman–Crippen LogP) is 15.0. The van der Waals surface area contributed by atoms with Crippen molar-refractivity contribution in [3.63, 3.8) is 0 Å². The highest BCUT2D eigenvalue weighted by Gasteiger charge is 2.32. The Balaban J connectivity index is 0.762. The van der Waals surface area contributed by atoms with Gasteiger partial charge < -0.3 is 34.1 Å². The molecule has 0 spiro atoms. The normalized spacial score (nSPS) is 14.7. The van der Waals surface area contributed by atoms with Crippen LogP contribution in [-0.4, -0.2) is 143 Å². The van der Waals surface area contributed by atoms with E-state index in [1.54, 1.807) is 88.5 Å². The molecule has 12 rings (SSSR count). The monoisotopic (exact) mass is 1490 g/mol. The second-order valence-corrected chi connectivity index (χ2v) is 33.6. The minimum Gasteiger partial charge on any atom is -0.495 e. The summed E-state index contributed by atoms with van der Waals surface area (Å²) in [7, 11) is -10.8. The molecule has 0 bridgehead atoms. The van der Waals surface area contributed by atoms with Crippen molar-refractivity contribution in [3.8, 4) is 28.0 Å². The number of nitrogens with zero attached hydrogens (tertiary/aromatic N) is 6. The lowest BCUT2D eigenvalue weighted by molar-refractivity contribution is 0.0738. The van der Waals surface area contributed by atoms with E-state index in [9.17, 15) is 30.0 Å². The smallest absolute Gasteiger partial charge is 0.261 e. The molecule has 0 radical (unpaired) electrons. The first-order valence-corrected chi connectivity index (χ1v) is 41.1. The minimum absolute atomic E-state index is 0.0264. The van der Waals surface area contributed by atoms with Gasteiger partial charge in [-0.15, -0.1) is 0 Å². The van der Waals surface area contributed by atoms with E-state index in [2.05, 4.69) is 63.5 Å². The van der Waals surface area contributed by atoms with Crippen LogP contribution in [0.4, 0.5) is 34.1 Å². The minimum atomic E-state index is -4.27. The molecule has 0 aliphatic carbocycles. The molecule has 9 aromatic carbocycles. The van der Waals surface area contributed by atoms with Crippen molar-refractivity contribution in [3.05, 3.63) is 239 Å². The van der Waals surface area contributed by atoms with Gasteiger partial charge in [0.15, 0.2) is 0 Å². The molecule has 3 saturated heterocycles. The zero-order valence-electron chi connectivity index (χ0n) is 61.5. The van der Waals surface area contributed by atoms with Gasteiger partial charge in [-0.3, -0.25) is 28.5 Å². The first-order valence-electron chi connectivity index (χ1n) is 36.6. The van der Waals surface area contributed by atoms with Crippen LogP contribution in [0.5, 0.6) is 5.75 Å². The van der Waals surface area contributed by atoms with Crippen molar-refractivity contribution >= 4 is 81.9 Å². The molecule has 0 aromatic heterocycles. The largest absolute Gasteiger partial charge is 0.495 e. The van der Waals surface area contributed by atoms with Crippen molar-refractivity contribution in [1.82, 2.24) is 14.7 Å². The Kier molecular flexibility index (Phi) is 23.3. The zero-order valence-corrected chi connectivity index (χ0v) is 63.9. The summed E-state index contributed by atoms with van der Waals surface area (Å²) in [5, 5.41) is 0. The molecule has 22 heteroatoms. The van der Waals surface area contributed by atoms with Gasteiger partial charge in [0, 0.05) is 124 Å². The lowest BCUT2D eigenvalue weighted by atomic mass is 9.87. The summed E-state index contributed by atoms with van der Waals surface area (Å²) in [6.45, 7) is 17.6.